The molecule has 0 bridgehead atoms. The summed E-state index contributed by atoms with van der Waals surface area (Å²) in [6, 6.07) is 19.0. The lowest BCUT2D eigenvalue weighted by Gasteiger charge is -2.38. The molecule has 0 radical (unpaired) electrons. The van der Waals surface area contributed by atoms with E-state index in [1.807, 2.05) is 6.07 Å². The third kappa shape index (κ3) is 2.08. The molecule has 1 aliphatic carbocycles. The molecule has 0 aromatic heterocycles. The van der Waals surface area contributed by atoms with E-state index in [-0.39, 0.29) is 0 Å². The van der Waals surface area contributed by atoms with Gasteiger partial charge in [-0.15, -0.1) is 0 Å². The smallest absolute Gasteiger partial charge is 0.0897 e. The Kier molecular flexibility index (Phi) is 3.16. The van der Waals surface area contributed by atoms with Crippen molar-refractivity contribution in [3.63, 3.8) is 0 Å². The Labute approximate surface area is 114 Å². The molecule has 1 heteroatoms. The molecule has 2 atom stereocenters. The SMILES string of the molecule is CC[C@@]1(O)CC[C@@H](c2ccccc2)c2ccccc21. The third-order valence-electron chi connectivity index (χ3n) is 4.47. The number of benzene rings is 2. The third-order valence-corrected chi connectivity index (χ3v) is 4.47. The average Bonchev–Trinajstić information content (AvgIpc) is 2.49. The molecule has 19 heavy (non-hydrogen) atoms. The van der Waals surface area contributed by atoms with Gasteiger partial charge in [0, 0.05) is 5.92 Å². The maximum Gasteiger partial charge on any atom is 0.0897 e. The lowest BCUT2D eigenvalue weighted by atomic mass is 9.71. The molecule has 0 amide bonds. The van der Waals surface area contributed by atoms with Crippen molar-refractivity contribution in [2.24, 2.45) is 0 Å². The summed E-state index contributed by atoms with van der Waals surface area (Å²) in [6.45, 7) is 2.07. The Morgan fingerprint density at radius 2 is 1.74 bits per heavy atom. The Balaban J connectivity index is 2.10. The van der Waals surface area contributed by atoms with Gasteiger partial charge >= 0.3 is 0 Å². The fraction of sp³-hybridized carbons (Fsp3) is 0.333. The maximum atomic E-state index is 10.8. The summed E-state index contributed by atoms with van der Waals surface area (Å²) in [5, 5.41) is 10.8. The molecule has 1 nitrogen and oxygen atoms in total. The van der Waals surface area contributed by atoms with E-state index in [9.17, 15) is 5.11 Å². The number of aliphatic hydroxyl groups is 1. The van der Waals surface area contributed by atoms with Crippen molar-refractivity contribution in [2.45, 2.75) is 37.7 Å². The molecule has 0 saturated heterocycles. The van der Waals surface area contributed by atoms with E-state index in [2.05, 4.69) is 55.5 Å². The van der Waals surface area contributed by atoms with Crippen LogP contribution in [0.2, 0.25) is 0 Å². The first-order valence-corrected chi connectivity index (χ1v) is 7.11. The van der Waals surface area contributed by atoms with Gasteiger partial charge in [-0.1, -0.05) is 61.5 Å². The van der Waals surface area contributed by atoms with Gasteiger partial charge in [-0.25, -0.2) is 0 Å². The molecular weight excluding hydrogens is 232 g/mol. The molecule has 0 saturated carbocycles. The van der Waals surface area contributed by atoms with Crippen molar-refractivity contribution < 1.29 is 5.11 Å². The van der Waals surface area contributed by atoms with Gasteiger partial charge in [0.25, 0.3) is 0 Å². The van der Waals surface area contributed by atoms with E-state index < -0.39 is 5.60 Å². The summed E-state index contributed by atoms with van der Waals surface area (Å²) in [7, 11) is 0. The van der Waals surface area contributed by atoms with Crippen LogP contribution in [0.25, 0.3) is 0 Å². The Bertz CT molecular complexity index is 561. The minimum Gasteiger partial charge on any atom is -0.385 e. The Hall–Kier alpha value is -1.60. The Morgan fingerprint density at radius 1 is 1.05 bits per heavy atom. The molecule has 3 rings (SSSR count). The standard InChI is InChI=1S/C18H20O/c1-2-18(19)13-12-15(14-8-4-3-5-9-14)16-10-6-7-11-17(16)18/h3-11,15,19H,2,12-13H2,1H3/t15-,18+/m0/s1. The van der Waals surface area contributed by atoms with Gasteiger partial charge in [-0.3, -0.25) is 0 Å². The number of rotatable bonds is 2. The quantitative estimate of drug-likeness (QED) is 0.849. The highest BCUT2D eigenvalue weighted by molar-refractivity contribution is 5.43. The number of fused-ring (bicyclic) bond motifs is 1. The van der Waals surface area contributed by atoms with Gasteiger partial charge in [-0.05, 0) is 36.0 Å². The summed E-state index contributed by atoms with van der Waals surface area (Å²) in [5.74, 6) is 0.421. The fourth-order valence-electron chi connectivity index (χ4n) is 3.30. The maximum absolute atomic E-state index is 10.8. The van der Waals surface area contributed by atoms with Crippen LogP contribution >= 0.6 is 0 Å². The van der Waals surface area contributed by atoms with Crippen molar-refractivity contribution in [3.8, 4) is 0 Å². The monoisotopic (exact) mass is 252 g/mol. The van der Waals surface area contributed by atoms with Gasteiger partial charge in [0.05, 0.1) is 5.60 Å². The van der Waals surface area contributed by atoms with Gasteiger partial charge < -0.3 is 5.11 Å². The zero-order valence-corrected chi connectivity index (χ0v) is 11.3. The lowest BCUT2D eigenvalue weighted by Crippen LogP contribution is -2.31. The van der Waals surface area contributed by atoms with Crippen molar-refractivity contribution in [1.29, 1.82) is 0 Å². The summed E-state index contributed by atoms with van der Waals surface area (Å²) in [4.78, 5) is 0. The van der Waals surface area contributed by atoms with Gasteiger partial charge in [0.2, 0.25) is 0 Å². The molecule has 1 aliphatic rings. The van der Waals surface area contributed by atoms with E-state index in [0.29, 0.717) is 5.92 Å². The molecule has 0 aliphatic heterocycles. The van der Waals surface area contributed by atoms with Crippen LogP contribution in [0, 0.1) is 0 Å². The second-order valence-electron chi connectivity index (χ2n) is 5.47. The molecule has 0 unspecified atom stereocenters. The molecule has 0 fully saturated rings. The molecular formula is C18H20O. The van der Waals surface area contributed by atoms with Crippen LogP contribution < -0.4 is 0 Å². The van der Waals surface area contributed by atoms with E-state index in [1.165, 1.54) is 11.1 Å². The lowest BCUT2D eigenvalue weighted by molar-refractivity contribution is 0.0127. The second-order valence-corrected chi connectivity index (χ2v) is 5.47. The average molecular weight is 252 g/mol. The van der Waals surface area contributed by atoms with Crippen LogP contribution in [-0.2, 0) is 5.60 Å². The van der Waals surface area contributed by atoms with Gasteiger partial charge in [-0.2, -0.15) is 0 Å². The zero-order chi connectivity index (χ0) is 13.3. The topological polar surface area (TPSA) is 20.2 Å². The highest BCUT2D eigenvalue weighted by Crippen LogP contribution is 2.45. The van der Waals surface area contributed by atoms with E-state index in [4.69, 9.17) is 0 Å². The summed E-state index contributed by atoms with van der Waals surface area (Å²) in [6.07, 6.45) is 2.65. The van der Waals surface area contributed by atoms with Gasteiger partial charge in [0.15, 0.2) is 0 Å². The molecule has 2 aromatic rings. The summed E-state index contributed by atoms with van der Waals surface area (Å²) >= 11 is 0. The van der Waals surface area contributed by atoms with Crippen LogP contribution in [0.15, 0.2) is 54.6 Å². The number of hydrogen-bond donors (Lipinski definition) is 1. The predicted molar refractivity (Wildman–Crippen MR) is 78.1 cm³/mol. The second kappa shape index (κ2) is 4.82. The highest BCUT2D eigenvalue weighted by atomic mass is 16.3. The van der Waals surface area contributed by atoms with Crippen molar-refractivity contribution in [1.82, 2.24) is 0 Å². The highest BCUT2D eigenvalue weighted by Gasteiger charge is 2.36. The molecule has 1 N–H and O–H groups in total. The largest absolute Gasteiger partial charge is 0.385 e. The predicted octanol–water partition coefficient (Wildman–Crippen LogP) is 4.21. The van der Waals surface area contributed by atoms with Crippen molar-refractivity contribution >= 4 is 0 Å². The normalized spacial score (nSPS) is 25.9. The van der Waals surface area contributed by atoms with E-state index in [1.54, 1.807) is 0 Å². The first-order valence-electron chi connectivity index (χ1n) is 7.11. The summed E-state index contributed by atoms with van der Waals surface area (Å²) in [5.41, 5.74) is 3.14. The zero-order valence-electron chi connectivity index (χ0n) is 11.3. The van der Waals surface area contributed by atoms with E-state index in [0.717, 1.165) is 24.8 Å². The van der Waals surface area contributed by atoms with Crippen molar-refractivity contribution in [2.75, 3.05) is 0 Å². The first kappa shape index (κ1) is 12.4. The van der Waals surface area contributed by atoms with Crippen LogP contribution in [-0.4, -0.2) is 5.11 Å². The minimum absolute atomic E-state index is 0.421. The molecule has 0 heterocycles. The van der Waals surface area contributed by atoms with Crippen LogP contribution in [0.5, 0.6) is 0 Å². The number of hydrogen-bond acceptors (Lipinski definition) is 1. The van der Waals surface area contributed by atoms with Crippen molar-refractivity contribution in [3.05, 3.63) is 71.3 Å². The fourth-order valence-corrected chi connectivity index (χ4v) is 3.30. The van der Waals surface area contributed by atoms with Crippen LogP contribution in [0.3, 0.4) is 0 Å². The minimum atomic E-state index is -0.637. The Morgan fingerprint density at radius 3 is 2.47 bits per heavy atom. The molecule has 98 valence electrons. The van der Waals surface area contributed by atoms with Crippen LogP contribution in [0.4, 0.5) is 0 Å². The molecule has 0 spiro atoms. The van der Waals surface area contributed by atoms with Gasteiger partial charge in [0.1, 0.15) is 0 Å². The molecule has 2 aromatic carbocycles. The summed E-state index contributed by atoms with van der Waals surface area (Å²) < 4.78 is 0. The van der Waals surface area contributed by atoms with E-state index >= 15 is 0 Å². The van der Waals surface area contributed by atoms with Crippen LogP contribution in [0.1, 0.15) is 48.8 Å². The first-order chi connectivity index (χ1) is 9.24.